The van der Waals surface area contributed by atoms with Crippen LogP contribution in [-0.2, 0) is 70.1 Å². The summed E-state index contributed by atoms with van der Waals surface area (Å²) in [6, 6.07) is 12.2. The Morgan fingerprint density at radius 2 is 1.56 bits per heavy atom. The van der Waals surface area contributed by atoms with E-state index in [4.69, 9.17) is 54.6 Å². The second kappa shape index (κ2) is 27.3. The second-order valence-electron chi connectivity index (χ2n) is 17.5. The molecule has 0 bridgehead atoms. The van der Waals surface area contributed by atoms with E-state index >= 15 is 0 Å². The predicted molar refractivity (Wildman–Crippen MR) is 244 cm³/mol. The minimum absolute atomic E-state index is 0.0155. The zero-order chi connectivity index (χ0) is 48.2. The first-order chi connectivity index (χ1) is 31.5. The van der Waals surface area contributed by atoms with Gasteiger partial charge in [0.2, 0.25) is 11.8 Å². The number of nitrogens with one attached hydrogen (secondary N) is 3. The minimum atomic E-state index is -1.24. The Kier molecular flexibility index (Phi) is 22.3. The molecule has 17 nitrogen and oxygen atoms in total. The molecule has 18 heteroatoms. The van der Waals surface area contributed by atoms with E-state index in [0.29, 0.717) is 69.1 Å². The van der Waals surface area contributed by atoms with Gasteiger partial charge in [0.25, 0.3) is 0 Å². The van der Waals surface area contributed by atoms with Gasteiger partial charge < -0.3 is 59.0 Å². The van der Waals surface area contributed by atoms with E-state index < -0.39 is 59.5 Å². The number of carboxylic acid groups (broad SMARTS) is 1. The number of hydrogen-bond donors (Lipinski definition) is 4. The van der Waals surface area contributed by atoms with Crippen molar-refractivity contribution in [1.82, 2.24) is 16.0 Å². The molecule has 4 rings (SSSR count). The van der Waals surface area contributed by atoms with Crippen LogP contribution in [-0.4, -0.2) is 132 Å². The van der Waals surface area contributed by atoms with Crippen LogP contribution in [0.2, 0.25) is 5.02 Å². The van der Waals surface area contributed by atoms with Crippen molar-refractivity contribution in [3.63, 3.8) is 0 Å². The summed E-state index contributed by atoms with van der Waals surface area (Å²) in [5.74, 6) is -3.30. The Balaban J connectivity index is 1.31. The molecule has 2 heterocycles. The largest absolute Gasteiger partial charge is 0.495 e. The number of carboxylic acids is 1. The molecule has 2 aliphatic rings. The number of hydrogen-bond acceptors (Lipinski definition) is 14. The molecule has 0 radical (unpaired) electrons. The van der Waals surface area contributed by atoms with Gasteiger partial charge in [-0.2, -0.15) is 0 Å². The minimum Gasteiger partial charge on any atom is -0.495 e. The maximum atomic E-state index is 13.8. The predicted octanol–water partition coefficient (Wildman–Crippen LogP) is 4.75. The molecule has 0 saturated carbocycles. The van der Waals surface area contributed by atoms with Crippen molar-refractivity contribution in [1.29, 1.82) is 0 Å². The average Bonchev–Trinajstić information content (AvgIpc) is 4.08. The molecule has 66 heavy (non-hydrogen) atoms. The van der Waals surface area contributed by atoms with Gasteiger partial charge >= 0.3 is 17.9 Å². The number of carbonyl (C=O) groups excluding carboxylic acids is 4. The van der Waals surface area contributed by atoms with Crippen molar-refractivity contribution < 1.29 is 67.0 Å². The first-order valence-electron chi connectivity index (χ1n) is 22.5. The van der Waals surface area contributed by atoms with Gasteiger partial charge in [0, 0.05) is 38.4 Å². The summed E-state index contributed by atoms with van der Waals surface area (Å²) < 4.78 is 45.0. The van der Waals surface area contributed by atoms with E-state index in [1.807, 2.05) is 45.0 Å². The molecule has 7 atom stereocenters. The normalized spacial score (nSPS) is 23.0. The highest BCUT2D eigenvalue weighted by Gasteiger charge is 2.48. The zero-order valence-corrected chi connectivity index (χ0v) is 39.9. The lowest BCUT2D eigenvalue weighted by atomic mass is 9.92. The fourth-order valence-electron chi connectivity index (χ4n) is 6.92. The number of rotatable bonds is 24. The van der Waals surface area contributed by atoms with Crippen LogP contribution in [0.25, 0.3) is 0 Å². The van der Waals surface area contributed by atoms with E-state index in [9.17, 15) is 24.0 Å². The first kappa shape index (κ1) is 54.0. The lowest BCUT2D eigenvalue weighted by molar-refractivity contribution is -0.179. The van der Waals surface area contributed by atoms with Crippen molar-refractivity contribution in [3.05, 3.63) is 76.3 Å². The zero-order valence-electron chi connectivity index (χ0n) is 39.1. The van der Waals surface area contributed by atoms with Crippen molar-refractivity contribution in [3.8, 4) is 5.75 Å². The van der Waals surface area contributed by atoms with Crippen LogP contribution < -0.4 is 20.7 Å². The molecule has 2 amide bonds. The summed E-state index contributed by atoms with van der Waals surface area (Å²) >= 11 is 6.36. The SMILES string of the molecule is COc1ccc(C[C@H]2NC(=O)/C=C\C[C@@H]([C@H](C)[C@H]3O[C@@H]3c3ccc(CNCCOCCOCCOCCOC(C)C(=O)O)cc3)OC(=O)[C@H](CC(C)C)OC(=O)C(C)(C)CNC2=O)cc1Cl. The van der Waals surface area contributed by atoms with Gasteiger partial charge in [-0.15, -0.1) is 0 Å². The Bertz CT molecular complexity index is 1910. The van der Waals surface area contributed by atoms with Gasteiger partial charge in [0.05, 0.1) is 69.9 Å². The molecule has 366 valence electrons. The number of carbonyl (C=O) groups is 5. The number of cyclic esters (lactones) is 2. The molecular weight excluding hydrogens is 878 g/mol. The number of aliphatic carboxylic acids is 1. The topological polar surface area (TPSA) is 219 Å². The van der Waals surface area contributed by atoms with E-state index in [1.165, 1.54) is 20.1 Å². The van der Waals surface area contributed by atoms with Gasteiger partial charge in [-0.25, -0.2) is 9.59 Å². The van der Waals surface area contributed by atoms with Crippen LogP contribution >= 0.6 is 11.6 Å². The average molecular weight is 947 g/mol. The lowest BCUT2D eigenvalue weighted by Gasteiger charge is -2.29. The molecule has 0 aliphatic carbocycles. The van der Waals surface area contributed by atoms with E-state index in [2.05, 4.69) is 16.0 Å². The number of ether oxygens (including phenoxy) is 8. The van der Waals surface area contributed by atoms with E-state index in [1.54, 1.807) is 38.1 Å². The van der Waals surface area contributed by atoms with Gasteiger partial charge in [0.1, 0.15) is 24.0 Å². The molecule has 1 fully saturated rings. The molecule has 1 unspecified atom stereocenters. The Morgan fingerprint density at radius 1 is 0.909 bits per heavy atom. The highest BCUT2D eigenvalue weighted by atomic mass is 35.5. The summed E-state index contributed by atoms with van der Waals surface area (Å²) in [6.45, 7) is 14.2. The number of esters is 2. The smallest absolute Gasteiger partial charge is 0.347 e. The van der Waals surface area contributed by atoms with Crippen LogP contribution in [0.1, 0.15) is 77.2 Å². The maximum absolute atomic E-state index is 13.8. The van der Waals surface area contributed by atoms with E-state index in [0.717, 1.165) is 11.1 Å². The molecular formula is C48H68ClN3O14. The van der Waals surface area contributed by atoms with Crippen LogP contribution in [0.15, 0.2) is 54.6 Å². The fraction of sp³-hybridized carbons (Fsp3) is 0.604. The standard InChI is InChI=1S/C48H68ClN3O14/c1-30(2)25-40-46(57)64-38(9-8-10-41(53)52-37(27-34-13-16-39(59-7)36(49)26-34)44(54)51-29-48(5,6)47(58)65-40)31(3)42-43(66-42)35-14-11-33(12-15-35)28-50-17-18-60-19-20-61-21-22-62-23-24-63-32(4)45(55)56/h8,10-16,26,30-32,37-38,40,42-43,50H,9,17-25,27-29H2,1-7H3,(H,51,54)(H,52,53)(H,55,56)/b10-8-/t31-,32?,37+,38-,40-,42+,43+/m0/s1. The highest BCUT2D eigenvalue weighted by molar-refractivity contribution is 6.32. The Hall–Kier alpha value is -4.62. The van der Waals surface area contributed by atoms with Crippen LogP contribution in [0, 0.1) is 17.3 Å². The highest BCUT2D eigenvalue weighted by Crippen LogP contribution is 2.45. The Morgan fingerprint density at radius 3 is 2.20 bits per heavy atom. The van der Waals surface area contributed by atoms with Gasteiger partial charge in [-0.05, 0) is 68.0 Å². The summed E-state index contributed by atoms with van der Waals surface area (Å²) in [7, 11) is 1.50. The van der Waals surface area contributed by atoms with Crippen molar-refractivity contribution in [2.75, 3.05) is 66.4 Å². The quantitative estimate of drug-likeness (QED) is 0.0634. The number of halogens is 1. The first-order valence-corrected chi connectivity index (χ1v) is 22.9. The van der Waals surface area contributed by atoms with Gasteiger partial charge in [-0.1, -0.05) is 68.8 Å². The molecule has 2 aliphatic heterocycles. The van der Waals surface area contributed by atoms with Crippen molar-refractivity contribution >= 4 is 41.3 Å². The number of amides is 2. The number of benzene rings is 2. The third-order valence-corrected chi connectivity index (χ3v) is 11.3. The lowest BCUT2D eigenvalue weighted by Crippen LogP contribution is -2.51. The van der Waals surface area contributed by atoms with Gasteiger partial charge in [0.15, 0.2) is 12.2 Å². The Labute approximate surface area is 392 Å². The summed E-state index contributed by atoms with van der Waals surface area (Å²) in [6.07, 6.45) is 0.0597. The number of epoxide rings is 1. The molecule has 0 aromatic heterocycles. The van der Waals surface area contributed by atoms with Crippen LogP contribution in [0.4, 0.5) is 0 Å². The molecule has 1 saturated heterocycles. The van der Waals surface area contributed by atoms with Crippen LogP contribution in [0.5, 0.6) is 5.75 Å². The summed E-state index contributed by atoms with van der Waals surface area (Å²) in [5.41, 5.74) is 1.49. The van der Waals surface area contributed by atoms with Crippen molar-refractivity contribution in [2.45, 2.75) is 104 Å². The summed E-state index contributed by atoms with van der Waals surface area (Å²) in [4.78, 5) is 65.1. The molecule has 2 aromatic rings. The monoisotopic (exact) mass is 945 g/mol. The maximum Gasteiger partial charge on any atom is 0.347 e. The second-order valence-corrected chi connectivity index (χ2v) is 17.9. The third-order valence-electron chi connectivity index (χ3n) is 11.0. The number of methoxy groups -OCH3 is 1. The third kappa shape index (κ3) is 18.2. The van der Waals surface area contributed by atoms with E-state index in [-0.39, 0.29) is 56.5 Å². The van der Waals surface area contributed by atoms with Gasteiger partial charge in [-0.3, -0.25) is 14.4 Å². The van der Waals surface area contributed by atoms with Crippen LogP contribution in [0.3, 0.4) is 0 Å². The fourth-order valence-corrected chi connectivity index (χ4v) is 7.20. The molecule has 0 spiro atoms. The molecule has 4 N–H and O–H groups in total. The molecule has 2 aromatic carbocycles. The van der Waals surface area contributed by atoms with Crippen molar-refractivity contribution in [2.24, 2.45) is 17.3 Å². The summed E-state index contributed by atoms with van der Waals surface area (Å²) in [5, 5.41) is 18.1.